The van der Waals surface area contributed by atoms with Gasteiger partial charge in [0.25, 0.3) is 5.91 Å². The van der Waals surface area contributed by atoms with Crippen LogP contribution in [0.5, 0.6) is 11.5 Å². The topological polar surface area (TPSA) is 59.1 Å². The summed E-state index contributed by atoms with van der Waals surface area (Å²) in [7, 11) is 1.49. The van der Waals surface area contributed by atoms with Crippen molar-refractivity contribution in [3.63, 3.8) is 0 Å². The maximum atomic E-state index is 12.9. The summed E-state index contributed by atoms with van der Waals surface area (Å²) in [4.78, 5) is 28.3. The largest absolute Gasteiger partial charge is 0.491 e. The first-order valence-electron chi connectivity index (χ1n) is 10.6. The zero-order chi connectivity index (χ0) is 24.9. The molecule has 0 saturated carbocycles. The standard InChI is InChI=1S/C24H24ClF3N2O4/c1-3-34-20-14-16(13-19(25)22(20)33-2)7-8-21(31)29-9-11-30(12-10-29)23(32)17-5-4-6-18(15-17)24(26,27)28/h4-8,13-15H,3,9-12H2,1-2H3. The number of piperazine rings is 1. The molecule has 182 valence electrons. The molecule has 2 amide bonds. The fourth-order valence-electron chi connectivity index (χ4n) is 3.56. The van der Waals surface area contributed by atoms with Crippen molar-refractivity contribution >= 4 is 29.5 Å². The second kappa shape index (κ2) is 10.8. The first-order valence-corrected chi connectivity index (χ1v) is 11.0. The predicted octanol–water partition coefficient (Wildman–Crippen LogP) is 4.76. The van der Waals surface area contributed by atoms with Gasteiger partial charge in [-0.2, -0.15) is 13.2 Å². The Morgan fingerprint density at radius 1 is 1.09 bits per heavy atom. The van der Waals surface area contributed by atoms with E-state index in [2.05, 4.69) is 0 Å². The molecule has 1 aliphatic heterocycles. The van der Waals surface area contributed by atoms with Crippen LogP contribution in [0.25, 0.3) is 6.08 Å². The van der Waals surface area contributed by atoms with Crippen molar-refractivity contribution in [1.82, 2.24) is 9.80 Å². The van der Waals surface area contributed by atoms with E-state index < -0.39 is 17.6 Å². The molecule has 1 aliphatic rings. The highest BCUT2D eigenvalue weighted by molar-refractivity contribution is 6.32. The van der Waals surface area contributed by atoms with E-state index in [0.717, 1.165) is 12.1 Å². The maximum absolute atomic E-state index is 12.9. The Labute approximate surface area is 200 Å². The lowest BCUT2D eigenvalue weighted by Gasteiger charge is -2.34. The van der Waals surface area contributed by atoms with Gasteiger partial charge in [0, 0.05) is 37.8 Å². The Morgan fingerprint density at radius 2 is 1.76 bits per heavy atom. The van der Waals surface area contributed by atoms with Crippen molar-refractivity contribution in [2.75, 3.05) is 39.9 Å². The fourth-order valence-corrected chi connectivity index (χ4v) is 3.86. The number of halogens is 4. The number of hydrogen-bond donors (Lipinski definition) is 0. The van der Waals surface area contributed by atoms with E-state index in [1.54, 1.807) is 23.1 Å². The molecule has 1 heterocycles. The van der Waals surface area contributed by atoms with Crippen LogP contribution in [0.3, 0.4) is 0 Å². The zero-order valence-electron chi connectivity index (χ0n) is 18.7. The van der Waals surface area contributed by atoms with E-state index in [1.165, 1.54) is 30.2 Å². The molecule has 1 saturated heterocycles. The third kappa shape index (κ3) is 6.02. The molecule has 1 fully saturated rings. The molecule has 0 aromatic heterocycles. The molecule has 2 aromatic rings. The van der Waals surface area contributed by atoms with Crippen LogP contribution in [0.2, 0.25) is 5.02 Å². The summed E-state index contributed by atoms with van der Waals surface area (Å²) in [6.07, 6.45) is -1.51. The minimum absolute atomic E-state index is 0.0315. The summed E-state index contributed by atoms with van der Waals surface area (Å²) < 4.78 is 49.6. The lowest BCUT2D eigenvalue weighted by molar-refractivity contribution is -0.137. The molecule has 0 atom stereocenters. The monoisotopic (exact) mass is 496 g/mol. The van der Waals surface area contributed by atoms with Crippen molar-refractivity contribution in [3.8, 4) is 11.5 Å². The van der Waals surface area contributed by atoms with Crippen LogP contribution in [0.15, 0.2) is 42.5 Å². The van der Waals surface area contributed by atoms with Gasteiger partial charge in [0.2, 0.25) is 5.91 Å². The molecule has 2 aromatic carbocycles. The van der Waals surface area contributed by atoms with Crippen LogP contribution in [-0.2, 0) is 11.0 Å². The third-order valence-corrected chi connectivity index (χ3v) is 5.55. The first kappa shape index (κ1) is 25.4. The molecule has 0 radical (unpaired) electrons. The number of carbonyl (C=O) groups is 2. The molecule has 6 nitrogen and oxygen atoms in total. The predicted molar refractivity (Wildman–Crippen MR) is 122 cm³/mol. The average Bonchev–Trinajstić information content (AvgIpc) is 2.82. The Bertz CT molecular complexity index is 1080. The second-order valence-electron chi connectivity index (χ2n) is 7.50. The zero-order valence-corrected chi connectivity index (χ0v) is 19.4. The van der Waals surface area contributed by atoms with Crippen LogP contribution in [0.4, 0.5) is 13.2 Å². The van der Waals surface area contributed by atoms with E-state index in [4.69, 9.17) is 21.1 Å². The number of nitrogens with zero attached hydrogens (tertiary/aromatic N) is 2. The molecular weight excluding hydrogens is 473 g/mol. The maximum Gasteiger partial charge on any atom is 0.416 e. The minimum Gasteiger partial charge on any atom is -0.491 e. The van der Waals surface area contributed by atoms with Crippen molar-refractivity contribution in [1.29, 1.82) is 0 Å². The number of hydrogen-bond acceptors (Lipinski definition) is 4. The van der Waals surface area contributed by atoms with Gasteiger partial charge >= 0.3 is 6.18 Å². The van der Waals surface area contributed by atoms with Gasteiger partial charge in [-0.25, -0.2) is 0 Å². The number of amides is 2. The molecule has 3 rings (SSSR count). The molecule has 0 spiro atoms. The summed E-state index contributed by atoms with van der Waals surface area (Å²) in [5.41, 5.74) is -0.250. The summed E-state index contributed by atoms with van der Waals surface area (Å²) in [6.45, 7) is 3.22. The van der Waals surface area contributed by atoms with Crippen LogP contribution in [-0.4, -0.2) is 61.5 Å². The van der Waals surface area contributed by atoms with Gasteiger partial charge < -0.3 is 19.3 Å². The Kier molecular flexibility index (Phi) is 8.09. The van der Waals surface area contributed by atoms with Crippen LogP contribution >= 0.6 is 11.6 Å². The van der Waals surface area contributed by atoms with Crippen molar-refractivity contribution < 1.29 is 32.2 Å². The minimum atomic E-state index is -4.52. The smallest absolute Gasteiger partial charge is 0.416 e. The Hall–Kier alpha value is -3.20. The number of benzene rings is 2. The number of carbonyl (C=O) groups excluding carboxylic acids is 2. The highest BCUT2D eigenvalue weighted by Gasteiger charge is 2.32. The average molecular weight is 497 g/mol. The summed E-state index contributed by atoms with van der Waals surface area (Å²) in [6, 6.07) is 7.70. The van der Waals surface area contributed by atoms with Crippen molar-refractivity contribution in [2.24, 2.45) is 0 Å². The third-order valence-electron chi connectivity index (χ3n) is 5.27. The van der Waals surface area contributed by atoms with Gasteiger partial charge in [-0.1, -0.05) is 17.7 Å². The van der Waals surface area contributed by atoms with E-state index >= 15 is 0 Å². The molecule has 0 unspecified atom stereocenters. The number of methoxy groups -OCH3 is 1. The fraction of sp³-hybridized carbons (Fsp3) is 0.333. The van der Waals surface area contributed by atoms with Gasteiger partial charge in [0.05, 0.1) is 24.3 Å². The Balaban J connectivity index is 1.62. The molecule has 0 bridgehead atoms. The van der Waals surface area contributed by atoms with Crippen molar-refractivity contribution in [2.45, 2.75) is 13.1 Å². The SMILES string of the molecule is CCOc1cc(C=CC(=O)N2CCN(C(=O)c3cccc(C(F)(F)F)c3)CC2)cc(Cl)c1OC. The van der Waals surface area contributed by atoms with Crippen LogP contribution in [0, 0.1) is 0 Å². The summed E-state index contributed by atoms with van der Waals surface area (Å²) in [5.74, 6) is 0.126. The summed E-state index contributed by atoms with van der Waals surface area (Å²) in [5, 5.41) is 0.349. The van der Waals surface area contributed by atoms with Crippen LogP contribution in [0.1, 0.15) is 28.4 Å². The highest BCUT2D eigenvalue weighted by Crippen LogP contribution is 2.36. The van der Waals surface area contributed by atoms with Gasteiger partial charge in [-0.05, 0) is 48.9 Å². The van der Waals surface area contributed by atoms with Gasteiger partial charge in [0.15, 0.2) is 11.5 Å². The highest BCUT2D eigenvalue weighted by atomic mass is 35.5. The van der Waals surface area contributed by atoms with Gasteiger partial charge in [0.1, 0.15) is 0 Å². The molecule has 10 heteroatoms. The Morgan fingerprint density at radius 3 is 2.38 bits per heavy atom. The first-order chi connectivity index (χ1) is 16.1. The van der Waals surface area contributed by atoms with E-state index in [1.807, 2.05) is 6.92 Å². The molecule has 34 heavy (non-hydrogen) atoms. The number of rotatable bonds is 6. The number of ether oxygens (including phenoxy) is 2. The normalized spacial score (nSPS) is 14.4. The van der Waals surface area contributed by atoms with E-state index in [0.29, 0.717) is 28.7 Å². The quantitative estimate of drug-likeness (QED) is 0.541. The molecular formula is C24H24ClF3N2O4. The van der Waals surface area contributed by atoms with E-state index in [-0.39, 0.29) is 37.6 Å². The molecule has 0 aliphatic carbocycles. The lowest BCUT2D eigenvalue weighted by Crippen LogP contribution is -2.50. The number of alkyl halides is 3. The molecule has 0 N–H and O–H groups in total. The van der Waals surface area contributed by atoms with Crippen LogP contribution < -0.4 is 9.47 Å². The van der Waals surface area contributed by atoms with Gasteiger partial charge in [-0.15, -0.1) is 0 Å². The summed E-state index contributed by atoms with van der Waals surface area (Å²) >= 11 is 6.23. The van der Waals surface area contributed by atoms with Crippen molar-refractivity contribution in [3.05, 3.63) is 64.2 Å². The lowest BCUT2D eigenvalue weighted by atomic mass is 10.1. The van der Waals surface area contributed by atoms with E-state index in [9.17, 15) is 22.8 Å². The van der Waals surface area contributed by atoms with Gasteiger partial charge in [-0.3, -0.25) is 9.59 Å². The second-order valence-corrected chi connectivity index (χ2v) is 7.90.